The third-order valence-corrected chi connectivity index (χ3v) is 2.50. The first kappa shape index (κ1) is 12.2. The van der Waals surface area contributed by atoms with Crippen LogP contribution in [0.3, 0.4) is 0 Å². The largest absolute Gasteiger partial charge is 0.328 e. The molecule has 1 unspecified atom stereocenters. The van der Waals surface area contributed by atoms with Crippen LogP contribution < -0.4 is 5.73 Å². The van der Waals surface area contributed by atoms with Gasteiger partial charge < -0.3 is 5.73 Å². The lowest BCUT2D eigenvalue weighted by Gasteiger charge is -2.12. The fraction of sp³-hybridized carbons (Fsp3) is 0.750. The Morgan fingerprint density at radius 1 is 1.40 bits per heavy atom. The summed E-state index contributed by atoms with van der Waals surface area (Å²) in [6.07, 6.45) is 5.17. The summed E-state index contributed by atoms with van der Waals surface area (Å²) in [5.41, 5.74) is 8.52. The molecule has 1 aromatic heterocycles. The van der Waals surface area contributed by atoms with Gasteiger partial charge in [-0.05, 0) is 39.2 Å². The van der Waals surface area contributed by atoms with E-state index >= 15 is 0 Å². The molecule has 1 rings (SSSR count). The molecule has 0 saturated heterocycles. The van der Waals surface area contributed by atoms with Gasteiger partial charge in [0, 0.05) is 17.8 Å². The van der Waals surface area contributed by atoms with Gasteiger partial charge in [0.2, 0.25) is 0 Å². The third kappa shape index (κ3) is 3.06. The Hall–Kier alpha value is -0.830. The Balaban J connectivity index is 2.95. The Bertz CT molecular complexity index is 300. The minimum atomic E-state index is 0.213. The molecule has 1 atom stereocenters. The summed E-state index contributed by atoms with van der Waals surface area (Å²) in [7, 11) is 0. The second-order valence-corrected chi connectivity index (χ2v) is 4.59. The van der Waals surface area contributed by atoms with Gasteiger partial charge in [0.05, 0.1) is 6.20 Å². The number of hydrogen-bond acceptors (Lipinski definition) is 2. The Kier molecular flexibility index (Phi) is 4.33. The molecule has 1 aromatic rings. The van der Waals surface area contributed by atoms with Gasteiger partial charge in [-0.3, -0.25) is 4.68 Å². The Labute approximate surface area is 92.7 Å². The predicted octanol–water partition coefficient (Wildman–Crippen LogP) is 2.31. The van der Waals surface area contributed by atoms with Gasteiger partial charge in [-0.1, -0.05) is 13.3 Å². The zero-order valence-corrected chi connectivity index (χ0v) is 10.3. The zero-order valence-electron chi connectivity index (χ0n) is 10.3. The summed E-state index contributed by atoms with van der Waals surface area (Å²) >= 11 is 0. The molecular formula is C12H23N3. The van der Waals surface area contributed by atoms with E-state index in [9.17, 15) is 0 Å². The van der Waals surface area contributed by atoms with Crippen LogP contribution in [0.2, 0.25) is 0 Å². The maximum absolute atomic E-state index is 5.84. The Morgan fingerprint density at radius 3 is 2.53 bits per heavy atom. The first-order valence-electron chi connectivity index (χ1n) is 5.87. The predicted molar refractivity (Wildman–Crippen MR) is 64.0 cm³/mol. The van der Waals surface area contributed by atoms with Crippen LogP contribution in [0.15, 0.2) is 6.20 Å². The molecule has 0 radical (unpaired) electrons. The van der Waals surface area contributed by atoms with Gasteiger partial charge >= 0.3 is 0 Å². The van der Waals surface area contributed by atoms with E-state index in [1.165, 1.54) is 11.3 Å². The van der Waals surface area contributed by atoms with Crippen LogP contribution in [0, 0.1) is 0 Å². The van der Waals surface area contributed by atoms with Crippen molar-refractivity contribution in [2.45, 2.75) is 59.0 Å². The van der Waals surface area contributed by atoms with Crippen molar-refractivity contribution < 1.29 is 0 Å². The molecule has 0 amide bonds. The molecule has 0 fully saturated rings. The topological polar surface area (TPSA) is 43.8 Å². The molecule has 1 heterocycles. The minimum absolute atomic E-state index is 0.213. The van der Waals surface area contributed by atoms with E-state index < -0.39 is 0 Å². The molecule has 0 aromatic carbocycles. The van der Waals surface area contributed by atoms with Crippen molar-refractivity contribution >= 4 is 0 Å². The van der Waals surface area contributed by atoms with Crippen molar-refractivity contribution in [1.29, 1.82) is 0 Å². The third-order valence-electron chi connectivity index (χ3n) is 2.50. The molecule has 3 heteroatoms. The summed E-state index contributed by atoms with van der Waals surface area (Å²) in [4.78, 5) is 0. The van der Waals surface area contributed by atoms with Gasteiger partial charge in [-0.15, -0.1) is 0 Å². The van der Waals surface area contributed by atoms with Crippen LogP contribution in [0.5, 0.6) is 0 Å². The number of nitrogens with zero attached hydrogens (tertiary/aromatic N) is 2. The second kappa shape index (κ2) is 5.31. The lowest BCUT2D eigenvalue weighted by Crippen LogP contribution is -2.19. The quantitative estimate of drug-likeness (QED) is 0.808. The molecule has 86 valence electrons. The van der Waals surface area contributed by atoms with Gasteiger partial charge in [0.25, 0.3) is 0 Å². The smallest absolute Gasteiger partial charge is 0.0525 e. The molecule has 0 spiro atoms. The van der Waals surface area contributed by atoms with E-state index in [1.807, 2.05) is 13.1 Å². The summed E-state index contributed by atoms with van der Waals surface area (Å²) in [6, 6.07) is 0.652. The van der Waals surface area contributed by atoms with Crippen LogP contribution in [-0.4, -0.2) is 15.8 Å². The fourth-order valence-electron chi connectivity index (χ4n) is 1.90. The number of hydrogen-bond donors (Lipinski definition) is 1. The average Bonchev–Trinajstić information content (AvgIpc) is 2.48. The molecule has 0 aliphatic rings. The van der Waals surface area contributed by atoms with Gasteiger partial charge in [-0.25, -0.2) is 0 Å². The highest BCUT2D eigenvalue weighted by Gasteiger charge is 2.12. The molecule has 0 bridgehead atoms. The molecule has 15 heavy (non-hydrogen) atoms. The SMILES string of the molecule is CCCc1c(CC(C)N)cnn1C(C)C. The van der Waals surface area contributed by atoms with E-state index in [-0.39, 0.29) is 6.04 Å². The minimum Gasteiger partial charge on any atom is -0.328 e. The van der Waals surface area contributed by atoms with Crippen molar-refractivity contribution in [3.8, 4) is 0 Å². The number of nitrogens with two attached hydrogens (primary N) is 1. The van der Waals surface area contributed by atoms with Crippen molar-refractivity contribution in [3.05, 3.63) is 17.5 Å². The second-order valence-electron chi connectivity index (χ2n) is 4.59. The van der Waals surface area contributed by atoms with E-state index in [0.717, 1.165) is 19.3 Å². The van der Waals surface area contributed by atoms with Crippen molar-refractivity contribution in [3.63, 3.8) is 0 Å². The maximum Gasteiger partial charge on any atom is 0.0525 e. The zero-order chi connectivity index (χ0) is 11.4. The molecule has 2 N–H and O–H groups in total. The maximum atomic E-state index is 5.84. The fourth-order valence-corrected chi connectivity index (χ4v) is 1.90. The van der Waals surface area contributed by atoms with Crippen LogP contribution >= 0.6 is 0 Å². The van der Waals surface area contributed by atoms with Crippen LogP contribution in [-0.2, 0) is 12.8 Å². The normalized spacial score (nSPS) is 13.5. The van der Waals surface area contributed by atoms with Crippen LogP contribution in [0.1, 0.15) is 51.4 Å². The highest BCUT2D eigenvalue weighted by atomic mass is 15.3. The van der Waals surface area contributed by atoms with Crippen molar-refractivity contribution in [1.82, 2.24) is 9.78 Å². The van der Waals surface area contributed by atoms with E-state index in [0.29, 0.717) is 6.04 Å². The number of aromatic nitrogens is 2. The van der Waals surface area contributed by atoms with Crippen molar-refractivity contribution in [2.24, 2.45) is 5.73 Å². The first-order chi connectivity index (χ1) is 7.06. The van der Waals surface area contributed by atoms with Gasteiger partial charge in [-0.2, -0.15) is 5.10 Å². The molecule has 0 aliphatic heterocycles. The van der Waals surface area contributed by atoms with Crippen LogP contribution in [0.25, 0.3) is 0 Å². The van der Waals surface area contributed by atoms with Crippen LogP contribution in [0.4, 0.5) is 0 Å². The molecule has 0 saturated carbocycles. The summed E-state index contributed by atoms with van der Waals surface area (Å²) in [6.45, 7) is 8.58. The average molecular weight is 209 g/mol. The van der Waals surface area contributed by atoms with E-state index in [2.05, 4.69) is 30.6 Å². The number of rotatable bonds is 5. The Morgan fingerprint density at radius 2 is 2.07 bits per heavy atom. The first-order valence-corrected chi connectivity index (χ1v) is 5.87. The van der Waals surface area contributed by atoms with Gasteiger partial charge in [0.15, 0.2) is 0 Å². The summed E-state index contributed by atoms with van der Waals surface area (Å²) in [5.74, 6) is 0. The lowest BCUT2D eigenvalue weighted by atomic mass is 10.1. The summed E-state index contributed by atoms with van der Waals surface area (Å²) < 4.78 is 2.13. The lowest BCUT2D eigenvalue weighted by molar-refractivity contribution is 0.505. The molecule has 0 aliphatic carbocycles. The van der Waals surface area contributed by atoms with Gasteiger partial charge in [0.1, 0.15) is 0 Å². The van der Waals surface area contributed by atoms with E-state index in [4.69, 9.17) is 5.73 Å². The highest BCUT2D eigenvalue weighted by molar-refractivity contribution is 5.19. The highest BCUT2D eigenvalue weighted by Crippen LogP contribution is 2.17. The van der Waals surface area contributed by atoms with Crippen molar-refractivity contribution in [2.75, 3.05) is 0 Å². The van der Waals surface area contributed by atoms with E-state index in [1.54, 1.807) is 0 Å². The summed E-state index contributed by atoms with van der Waals surface area (Å²) in [5, 5.41) is 4.45. The molecular weight excluding hydrogens is 186 g/mol. The molecule has 3 nitrogen and oxygen atoms in total. The monoisotopic (exact) mass is 209 g/mol. The standard InChI is InChI=1S/C12H23N3/c1-5-6-12-11(7-10(4)13)8-14-15(12)9(2)3/h8-10H,5-7,13H2,1-4H3.